The first kappa shape index (κ1) is 31.0. The second kappa shape index (κ2) is 13.6. The maximum absolute atomic E-state index is 2.40. The second-order valence-corrected chi connectivity index (χ2v) is 12.8. The zero-order valence-corrected chi connectivity index (χ0v) is 28.3. The lowest BCUT2D eigenvalue weighted by Gasteiger charge is -2.28. The molecule has 7 rings (SSSR count). The molecule has 0 aromatic heterocycles. The van der Waals surface area contributed by atoms with Gasteiger partial charge in [0.25, 0.3) is 0 Å². The van der Waals surface area contributed by atoms with Crippen molar-refractivity contribution in [1.29, 1.82) is 0 Å². The molecule has 0 saturated carbocycles. The normalized spacial score (nSPS) is 11.1. The standard InChI is InChI=1S/C46H42N2/c1-5-12-35-21-27-40(28-22-35)48(39-25-19-34(3)20-26-39)42-31-44(37-15-10-7-11-16-37)45-30-41(47(4)38-23-17-33(2)18-24-38)29-43(46(45)32-42)36-13-8-6-9-14-36/h6-11,13-32H,5,12H2,1-4H3. The average molecular weight is 623 g/mol. The van der Waals surface area contributed by atoms with E-state index in [1.807, 2.05) is 0 Å². The van der Waals surface area contributed by atoms with Crippen molar-refractivity contribution in [3.05, 3.63) is 174 Å². The smallest absolute Gasteiger partial charge is 0.0474 e. The number of nitrogens with zero attached hydrogens (tertiary/aromatic N) is 2. The van der Waals surface area contributed by atoms with Crippen molar-refractivity contribution < 1.29 is 0 Å². The molecule has 0 spiro atoms. The molecule has 48 heavy (non-hydrogen) atoms. The Morgan fingerprint density at radius 1 is 0.438 bits per heavy atom. The Labute approximate surface area is 285 Å². The van der Waals surface area contributed by atoms with Gasteiger partial charge in [-0.2, -0.15) is 0 Å². The molecule has 0 aliphatic rings. The van der Waals surface area contributed by atoms with Crippen molar-refractivity contribution in [1.82, 2.24) is 0 Å². The van der Waals surface area contributed by atoms with Crippen LogP contribution in [0.3, 0.4) is 0 Å². The molecule has 0 radical (unpaired) electrons. The lowest BCUT2D eigenvalue weighted by atomic mass is 9.91. The Kier molecular flexibility index (Phi) is 8.81. The first-order valence-electron chi connectivity index (χ1n) is 17.0. The summed E-state index contributed by atoms with van der Waals surface area (Å²) in [7, 11) is 2.17. The van der Waals surface area contributed by atoms with Crippen molar-refractivity contribution in [2.45, 2.75) is 33.6 Å². The zero-order valence-electron chi connectivity index (χ0n) is 28.3. The molecule has 7 aromatic carbocycles. The predicted molar refractivity (Wildman–Crippen MR) is 207 cm³/mol. The molecule has 2 heteroatoms. The van der Waals surface area contributed by atoms with Gasteiger partial charge in [-0.3, -0.25) is 0 Å². The highest BCUT2D eigenvalue weighted by atomic mass is 15.1. The van der Waals surface area contributed by atoms with E-state index < -0.39 is 0 Å². The van der Waals surface area contributed by atoms with E-state index in [-0.39, 0.29) is 0 Å². The Morgan fingerprint density at radius 2 is 0.875 bits per heavy atom. The first-order valence-corrected chi connectivity index (χ1v) is 17.0. The predicted octanol–water partition coefficient (Wildman–Crippen LogP) is 13.0. The number of rotatable bonds is 9. The van der Waals surface area contributed by atoms with Crippen LogP contribution in [0.1, 0.15) is 30.0 Å². The van der Waals surface area contributed by atoms with Gasteiger partial charge in [0.1, 0.15) is 0 Å². The third kappa shape index (κ3) is 6.35. The van der Waals surface area contributed by atoms with Gasteiger partial charge in [0.15, 0.2) is 0 Å². The molecule has 0 aliphatic carbocycles. The summed E-state index contributed by atoms with van der Waals surface area (Å²) in [5.41, 5.74) is 14.4. The largest absolute Gasteiger partial charge is 0.345 e. The van der Waals surface area contributed by atoms with Gasteiger partial charge in [-0.25, -0.2) is 0 Å². The van der Waals surface area contributed by atoms with Crippen LogP contribution in [0.5, 0.6) is 0 Å². The molecule has 0 N–H and O–H groups in total. The molecule has 0 saturated heterocycles. The van der Waals surface area contributed by atoms with E-state index in [9.17, 15) is 0 Å². The van der Waals surface area contributed by atoms with Gasteiger partial charge in [0.05, 0.1) is 0 Å². The van der Waals surface area contributed by atoms with E-state index in [0.29, 0.717) is 0 Å². The van der Waals surface area contributed by atoms with Gasteiger partial charge in [0.2, 0.25) is 0 Å². The second-order valence-electron chi connectivity index (χ2n) is 12.8. The molecular weight excluding hydrogens is 581 g/mol. The molecule has 0 unspecified atom stereocenters. The lowest BCUT2D eigenvalue weighted by Crippen LogP contribution is -2.11. The minimum atomic E-state index is 1.08. The SMILES string of the molecule is CCCc1ccc(N(c2ccc(C)cc2)c2cc(-c3ccccc3)c3cc(N(C)c4ccc(C)cc4)cc(-c4ccccc4)c3c2)cc1. The van der Waals surface area contributed by atoms with Crippen LogP contribution in [-0.2, 0) is 6.42 Å². The molecule has 0 fully saturated rings. The van der Waals surface area contributed by atoms with Crippen LogP contribution in [0.15, 0.2) is 158 Å². The molecular formula is C46H42N2. The number of anilines is 5. The third-order valence-corrected chi connectivity index (χ3v) is 9.30. The Bertz CT molecular complexity index is 2130. The molecule has 0 atom stereocenters. The monoisotopic (exact) mass is 622 g/mol. The third-order valence-electron chi connectivity index (χ3n) is 9.30. The van der Waals surface area contributed by atoms with Crippen LogP contribution in [0.4, 0.5) is 28.4 Å². The fraction of sp³-hybridized carbons (Fsp3) is 0.130. The van der Waals surface area contributed by atoms with E-state index >= 15 is 0 Å². The van der Waals surface area contributed by atoms with E-state index in [4.69, 9.17) is 0 Å². The van der Waals surface area contributed by atoms with Crippen molar-refractivity contribution in [2.24, 2.45) is 0 Å². The van der Waals surface area contributed by atoms with Crippen LogP contribution >= 0.6 is 0 Å². The summed E-state index contributed by atoms with van der Waals surface area (Å²) in [6.45, 7) is 6.52. The Morgan fingerprint density at radius 3 is 1.38 bits per heavy atom. The maximum Gasteiger partial charge on any atom is 0.0474 e. The summed E-state index contributed by atoms with van der Waals surface area (Å²) in [5.74, 6) is 0. The fourth-order valence-corrected chi connectivity index (χ4v) is 6.63. The quantitative estimate of drug-likeness (QED) is 0.158. The summed E-state index contributed by atoms with van der Waals surface area (Å²) in [6.07, 6.45) is 2.22. The van der Waals surface area contributed by atoms with Crippen LogP contribution < -0.4 is 9.80 Å². The number of aryl methyl sites for hydroxylation is 3. The van der Waals surface area contributed by atoms with Crippen LogP contribution in [0.25, 0.3) is 33.0 Å². The maximum atomic E-state index is 2.40. The van der Waals surface area contributed by atoms with Crippen molar-refractivity contribution >= 4 is 39.2 Å². The summed E-state index contributed by atoms with van der Waals surface area (Å²) in [6, 6.07) is 57.9. The molecule has 2 nitrogen and oxygen atoms in total. The van der Waals surface area contributed by atoms with E-state index in [1.54, 1.807) is 0 Å². The van der Waals surface area contributed by atoms with Gasteiger partial charge in [-0.1, -0.05) is 122 Å². The molecule has 0 aliphatic heterocycles. The molecule has 7 aromatic rings. The molecule has 236 valence electrons. The first-order chi connectivity index (χ1) is 23.5. The van der Waals surface area contributed by atoms with Gasteiger partial charge in [0, 0.05) is 35.5 Å². The van der Waals surface area contributed by atoms with Crippen LogP contribution in [-0.4, -0.2) is 7.05 Å². The zero-order chi connectivity index (χ0) is 33.0. The van der Waals surface area contributed by atoms with E-state index in [0.717, 1.165) is 41.3 Å². The van der Waals surface area contributed by atoms with E-state index in [2.05, 4.69) is 195 Å². The Balaban J connectivity index is 1.52. The van der Waals surface area contributed by atoms with Crippen LogP contribution in [0.2, 0.25) is 0 Å². The van der Waals surface area contributed by atoms with Crippen molar-refractivity contribution in [3.63, 3.8) is 0 Å². The highest BCUT2D eigenvalue weighted by Gasteiger charge is 2.20. The molecule has 0 amide bonds. The van der Waals surface area contributed by atoms with Crippen molar-refractivity contribution in [3.8, 4) is 22.3 Å². The molecule has 0 bridgehead atoms. The average Bonchev–Trinajstić information content (AvgIpc) is 3.13. The van der Waals surface area contributed by atoms with Crippen LogP contribution in [0, 0.1) is 13.8 Å². The van der Waals surface area contributed by atoms with E-state index in [1.165, 1.54) is 49.7 Å². The fourth-order valence-electron chi connectivity index (χ4n) is 6.63. The number of hydrogen-bond donors (Lipinski definition) is 0. The van der Waals surface area contributed by atoms with Gasteiger partial charge in [-0.05, 0) is 120 Å². The number of hydrogen-bond acceptors (Lipinski definition) is 2. The summed E-state index contributed by atoms with van der Waals surface area (Å²) in [4.78, 5) is 4.70. The topological polar surface area (TPSA) is 6.48 Å². The summed E-state index contributed by atoms with van der Waals surface area (Å²) < 4.78 is 0. The highest BCUT2D eigenvalue weighted by Crippen LogP contribution is 2.45. The lowest BCUT2D eigenvalue weighted by molar-refractivity contribution is 0.922. The number of benzene rings is 7. The number of fused-ring (bicyclic) bond motifs is 1. The van der Waals surface area contributed by atoms with Gasteiger partial charge in [-0.15, -0.1) is 0 Å². The molecule has 0 heterocycles. The minimum absolute atomic E-state index is 1.08. The highest BCUT2D eigenvalue weighted by molar-refractivity contribution is 6.09. The van der Waals surface area contributed by atoms with Gasteiger partial charge < -0.3 is 9.80 Å². The van der Waals surface area contributed by atoms with Gasteiger partial charge >= 0.3 is 0 Å². The Hall–Kier alpha value is -5.60. The minimum Gasteiger partial charge on any atom is -0.345 e. The summed E-state index contributed by atoms with van der Waals surface area (Å²) in [5, 5.41) is 2.45. The van der Waals surface area contributed by atoms with Crippen molar-refractivity contribution in [2.75, 3.05) is 16.8 Å². The summed E-state index contributed by atoms with van der Waals surface area (Å²) >= 11 is 0.